The third-order valence-electron chi connectivity index (χ3n) is 5.62. The van der Waals surface area contributed by atoms with E-state index in [4.69, 9.17) is 9.73 Å². The quantitative estimate of drug-likeness (QED) is 0.551. The molecule has 1 aliphatic heterocycles. The van der Waals surface area contributed by atoms with Crippen LogP contribution in [0.5, 0.6) is 5.75 Å². The fourth-order valence-electron chi connectivity index (χ4n) is 4.03. The highest BCUT2D eigenvalue weighted by atomic mass is 16.5. The zero-order valence-corrected chi connectivity index (χ0v) is 19.1. The Hall–Kier alpha value is -3.80. The number of carbonyl (C=O) groups is 2. The van der Waals surface area contributed by atoms with E-state index in [1.165, 1.54) is 0 Å². The highest BCUT2D eigenvalue weighted by molar-refractivity contribution is 6.17. The summed E-state index contributed by atoms with van der Waals surface area (Å²) in [5.74, 6) is 0.404. The van der Waals surface area contributed by atoms with Crippen molar-refractivity contribution >= 4 is 17.4 Å². The molecule has 0 spiro atoms. The zero-order valence-electron chi connectivity index (χ0n) is 19.1. The van der Waals surface area contributed by atoms with Gasteiger partial charge in [0.05, 0.1) is 37.0 Å². The van der Waals surface area contributed by atoms with Crippen LogP contribution in [0.3, 0.4) is 0 Å². The highest BCUT2D eigenvalue weighted by Gasteiger charge is 2.28. The molecule has 0 radical (unpaired) electrons. The number of ether oxygens (including phenoxy) is 1. The molecule has 0 saturated carbocycles. The average molecular weight is 442 g/mol. The van der Waals surface area contributed by atoms with Crippen LogP contribution in [0.2, 0.25) is 0 Å². The van der Waals surface area contributed by atoms with Crippen LogP contribution in [0.15, 0.2) is 71.9 Å². The predicted octanol–water partition coefficient (Wildman–Crippen LogP) is 4.42. The van der Waals surface area contributed by atoms with Crippen molar-refractivity contribution in [1.29, 1.82) is 0 Å². The van der Waals surface area contributed by atoms with E-state index in [-0.39, 0.29) is 23.7 Å². The van der Waals surface area contributed by atoms with Gasteiger partial charge >= 0.3 is 0 Å². The molecule has 168 valence electrons. The molecule has 2 aromatic carbocycles. The lowest BCUT2D eigenvalue weighted by molar-refractivity contribution is 0.0950. The molecule has 6 heteroatoms. The first-order valence-corrected chi connectivity index (χ1v) is 10.9. The van der Waals surface area contributed by atoms with Crippen molar-refractivity contribution in [1.82, 2.24) is 10.3 Å². The molecular weight excluding hydrogens is 414 g/mol. The van der Waals surface area contributed by atoms with E-state index >= 15 is 0 Å². The third kappa shape index (κ3) is 5.34. The first kappa shape index (κ1) is 22.4. The average Bonchev–Trinajstić information content (AvgIpc) is 2.82. The van der Waals surface area contributed by atoms with E-state index in [2.05, 4.69) is 24.1 Å². The van der Waals surface area contributed by atoms with Gasteiger partial charge in [0.25, 0.3) is 5.91 Å². The Bertz CT molecular complexity index is 1220. The van der Waals surface area contributed by atoms with Crippen LogP contribution in [-0.2, 0) is 13.0 Å². The van der Waals surface area contributed by atoms with Gasteiger partial charge in [0.15, 0.2) is 5.78 Å². The summed E-state index contributed by atoms with van der Waals surface area (Å²) in [5, 5.41) is 2.85. The highest BCUT2D eigenvalue weighted by Crippen LogP contribution is 2.31. The van der Waals surface area contributed by atoms with Crippen molar-refractivity contribution in [2.24, 2.45) is 4.99 Å². The Morgan fingerprint density at radius 3 is 2.61 bits per heavy atom. The van der Waals surface area contributed by atoms with Crippen LogP contribution in [0.1, 0.15) is 57.8 Å². The van der Waals surface area contributed by atoms with Crippen molar-refractivity contribution in [3.63, 3.8) is 0 Å². The van der Waals surface area contributed by atoms with Crippen LogP contribution < -0.4 is 10.1 Å². The Morgan fingerprint density at radius 2 is 1.85 bits per heavy atom. The number of amides is 1. The monoisotopic (exact) mass is 441 g/mol. The lowest BCUT2D eigenvalue weighted by Gasteiger charge is -2.29. The molecule has 6 nitrogen and oxygen atoms in total. The second-order valence-corrected chi connectivity index (χ2v) is 8.76. The lowest BCUT2D eigenvalue weighted by Crippen LogP contribution is -2.30. The Labute approximate surface area is 193 Å². The molecule has 1 N–H and O–H groups in total. The van der Waals surface area contributed by atoms with E-state index in [1.807, 2.05) is 36.4 Å². The molecule has 1 amide bonds. The molecule has 3 aromatic rings. The summed E-state index contributed by atoms with van der Waals surface area (Å²) < 4.78 is 5.38. The van der Waals surface area contributed by atoms with Crippen molar-refractivity contribution < 1.29 is 14.3 Å². The first-order chi connectivity index (χ1) is 15.8. The van der Waals surface area contributed by atoms with Crippen LogP contribution in [0.4, 0.5) is 0 Å². The molecule has 0 saturated heterocycles. The normalized spacial score (nSPS) is 14.1. The number of ketones is 1. The summed E-state index contributed by atoms with van der Waals surface area (Å²) in [6, 6.07) is 18.3. The van der Waals surface area contributed by atoms with Gasteiger partial charge in [-0.25, -0.2) is 0 Å². The maximum absolute atomic E-state index is 13.2. The fraction of sp³-hybridized carbons (Fsp3) is 0.259. The van der Waals surface area contributed by atoms with Crippen molar-refractivity contribution in [2.45, 2.75) is 38.8 Å². The summed E-state index contributed by atoms with van der Waals surface area (Å²) in [6.07, 6.45) is 2.64. The van der Waals surface area contributed by atoms with Gasteiger partial charge < -0.3 is 10.1 Å². The molecule has 0 aliphatic carbocycles. The SMILES string of the molecule is COc1ccc2c(c1)C(CC(=O)c1cccc(C(=O)NCc3ccccn3)c1)=NC(C)(C)C2. The smallest absolute Gasteiger partial charge is 0.251 e. The number of hydrogen-bond acceptors (Lipinski definition) is 5. The lowest BCUT2D eigenvalue weighted by atomic mass is 9.85. The Morgan fingerprint density at radius 1 is 1.03 bits per heavy atom. The summed E-state index contributed by atoms with van der Waals surface area (Å²) in [7, 11) is 1.63. The number of aliphatic imine (C=N–C) groups is 1. The molecule has 0 atom stereocenters. The Kier molecular flexibility index (Phi) is 6.36. The Balaban J connectivity index is 1.52. The third-order valence-corrected chi connectivity index (χ3v) is 5.62. The molecular formula is C27H27N3O3. The first-order valence-electron chi connectivity index (χ1n) is 10.9. The molecule has 0 fully saturated rings. The molecule has 2 heterocycles. The molecule has 0 unspecified atom stereocenters. The standard InChI is InChI=1S/C27H27N3O3/c1-27(2)16-20-10-11-22(33-3)14-23(20)24(30-27)15-25(31)18-7-6-8-19(13-18)26(32)29-17-21-9-4-5-12-28-21/h4-14H,15-17H2,1-3H3,(H,29,32). The minimum atomic E-state index is -0.287. The number of pyridine rings is 1. The van der Waals surface area contributed by atoms with Crippen molar-refractivity contribution in [2.75, 3.05) is 7.11 Å². The topological polar surface area (TPSA) is 80.7 Å². The zero-order chi connectivity index (χ0) is 23.4. The maximum Gasteiger partial charge on any atom is 0.251 e. The number of fused-ring (bicyclic) bond motifs is 1. The number of rotatable bonds is 7. The van der Waals surface area contributed by atoms with E-state index in [1.54, 1.807) is 37.6 Å². The molecule has 1 aromatic heterocycles. The summed E-state index contributed by atoms with van der Waals surface area (Å²) in [5.41, 5.74) is 4.25. The molecule has 0 bridgehead atoms. The van der Waals surface area contributed by atoms with Crippen LogP contribution in [0, 0.1) is 0 Å². The van der Waals surface area contributed by atoms with E-state index in [0.717, 1.165) is 34.7 Å². The number of nitrogens with zero attached hydrogens (tertiary/aromatic N) is 2. The van der Waals surface area contributed by atoms with Gasteiger partial charge in [-0.05, 0) is 62.2 Å². The maximum atomic E-state index is 13.2. The summed E-state index contributed by atoms with van der Waals surface area (Å²) in [4.78, 5) is 34.9. The van der Waals surface area contributed by atoms with Crippen molar-refractivity contribution in [3.8, 4) is 5.75 Å². The van der Waals surface area contributed by atoms with Gasteiger partial charge in [-0.2, -0.15) is 0 Å². The van der Waals surface area contributed by atoms with Gasteiger partial charge in [-0.1, -0.05) is 24.3 Å². The number of hydrogen-bond donors (Lipinski definition) is 1. The molecule has 33 heavy (non-hydrogen) atoms. The number of carbonyl (C=O) groups excluding carboxylic acids is 2. The van der Waals surface area contributed by atoms with Crippen LogP contribution >= 0.6 is 0 Å². The number of benzene rings is 2. The summed E-state index contributed by atoms with van der Waals surface area (Å²) >= 11 is 0. The number of methoxy groups -OCH3 is 1. The van der Waals surface area contributed by atoms with E-state index < -0.39 is 0 Å². The summed E-state index contributed by atoms with van der Waals surface area (Å²) in [6.45, 7) is 4.46. The number of nitrogens with one attached hydrogen (secondary N) is 1. The minimum absolute atomic E-state index is 0.0837. The van der Waals surface area contributed by atoms with Gasteiger partial charge in [0.1, 0.15) is 5.75 Å². The number of aromatic nitrogens is 1. The minimum Gasteiger partial charge on any atom is -0.497 e. The van der Waals surface area contributed by atoms with Gasteiger partial charge in [-0.3, -0.25) is 19.6 Å². The molecule has 1 aliphatic rings. The van der Waals surface area contributed by atoms with Gasteiger partial charge in [0.2, 0.25) is 0 Å². The predicted molar refractivity (Wildman–Crippen MR) is 128 cm³/mol. The second kappa shape index (κ2) is 9.36. The fourth-order valence-corrected chi connectivity index (χ4v) is 4.03. The van der Waals surface area contributed by atoms with Crippen molar-refractivity contribution in [3.05, 3.63) is 94.8 Å². The largest absolute Gasteiger partial charge is 0.497 e. The van der Waals surface area contributed by atoms with Crippen LogP contribution in [-0.4, -0.2) is 35.0 Å². The van der Waals surface area contributed by atoms with Gasteiger partial charge in [-0.15, -0.1) is 0 Å². The van der Waals surface area contributed by atoms with Crippen LogP contribution in [0.25, 0.3) is 0 Å². The van der Waals surface area contributed by atoms with E-state index in [0.29, 0.717) is 17.7 Å². The van der Waals surface area contributed by atoms with Gasteiger partial charge in [0, 0.05) is 22.9 Å². The van der Waals surface area contributed by atoms with E-state index in [9.17, 15) is 9.59 Å². The molecule has 4 rings (SSSR count). The second-order valence-electron chi connectivity index (χ2n) is 8.76. The number of Topliss-reactive ketones (excluding diaryl/α,β-unsaturated/α-hetero) is 1.